The van der Waals surface area contributed by atoms with Gasteiger partial charge < -0.3 is 11.1 Å². The van der Waals surface area contributed by atoms with Crippen molar-refractivity contribution in [2.45, 2.75) is 65.8 Å². The van der Waals surface area contributed by atoms with E-state index < -0.39 is 0 Å². The van der Waals surface area contributed by atoms with Crippen LogP contribution >= 0.6 is 0 Å². The van der Waals surface area contributed by atoms with Gasteiger partial charge in [-0.2, -0.15) is 0 Å². The van der Waals surface area contributed by atoms with Crippen LogP contribution in [0, 0.1) is 12.3 Å². The molecule has 0 spiro atoms. The number of rotatable bonds is 4. The summed E-state index contributed by atoms with van der Waals surface area (Å²) in [6, 6.07) is 0.512. The molecule has 2 rings (SSSR count). The SMILES string of the molecule is CCCc1nc(N)c(C)c(NC2CCC(C)(C)C2)n1. The first kappa shape index (κ1) is 14.1. The predicted molar refractivity (Wildman–Crippen MR) is 80.2 cm³/mol. The summed E-state index contributed by atoms with van der Waals surface area (Å²) in [6.45, 7) is 8.79. The highest BCUT2D eigenvalue weighted by molar-refractivity contribution is 5.55. The van der Waals surface area contributed by atoms with Crippen LogP contribution in [0.15, 0.2) is 0 Å². The van der Waals surface area contributed by atoms with Gasteiger partial charge in [0, 0.05) is 18.0 Å². The first-order valence-corrected chi connectivity index (χ1v) is 7.31. The number of nitrogens with two attached hydrogens (primary N) is 1. The Balaban J connectivity index is 2.15. The molecule has 1 unspecified atom stereocenters. The van der Waals surface area contributed by atoms with Crippen molar-refractivity contribution in [1.29, 1.82) is 0 Å². The fourth-order valence-corrected chi connectivity index (χ4v) is 2.81. The van der Waals surface area contributed by atoms with Gasteiger partial charge in [-0.15, -0.1) is 0 Å². The van der Waals surface area contributed by atoms with Crippen LogP contribution in [-0.2, 0) is 6.42 Å². The molecule has 3 N–H and O–H groups in total. The van der Waals surface area contributed by atoms with Crippen molar-refractivity contribution in [1.82, 2.24) is 9.97 Å². The third-order valence-electron chi connectivity index (χ3n) is 4.01. The Bertz CT molecular complexity index is 454. The van der Waals surface area contributed by atoms with Gasteiger partial charge in [0.2, 0.25) is 0 Å². The van der Waals surface area contributed by atoms with Gasteiger partial charge in [-0.05, 0) is 38.0 Å². The number of nitrogen functional groups attached to an aromatic ring is 1. The third kappa shape index (κ3) is 3.37. The number of hydrogen-bond acceptors (Lipinski definition) is 4. The van der Waals surface area contributed by atoms with Crippen LogP contribution in [0.5, 0.6) is 0 Å². The normalized spacial score (nSPS) is 21.6. The van der Waals surface area contributed by atoms with E-state index in [1.807, 2.05) is 6.92 Å². The summed E-state index contributed by atoms with van der Waals surface area (Å²) < 4.78 is 0. The lowest BCUT2D eigenvalue weighted by Gasteiger charge is -2.19. The number of aromatic nitrogens is 2. The largest absolute Gasteiger partial charge is 0.383 e. The molecule has 1 aromatic heterocycles. The molecule has 1 aromatic rings. The Labute approximate surface area is 116 Å². The van der Waals surface area contributed by atoms with E-state index in [4.69, 9.17) is 5.73 Å². The Morgan fingerprint density at radius 3 is 2.68 bits per heavy atom. The number of aryl methyl sites for hydroxylation is 1. The third-order valence-corrected chi connectivity index (χ3v) is 4.01. The number of nitrogens with one attached hydrogen (secondary N) is 1. The first-order chi connectivity index (χ1) is 8.91. The van der Waals surface area contributed by atoms with Gasteiger partial charge in [0.25, 0.3) is 0 Å². The average molecular weight is 262 g/mol. The van der Waals surface area contributed by atoms with Crippen LogP contribution in [-0.4, -0.2) is 16.0 Å². The Hall–Kier alpha value is -1.32. The zero-order chi connectivity index (χ0) is 14.0. The van der Waals surface area contributed by atoms with Crippen LogP contribution in [0.4, 0.5) is 11.6 Å². The monoisotopic (exact) mass is 262 g/mol. The van der Waals surface area contributed by atoms with E-state index in [1.165, 1.54) is 19.3 Å². The minimum Gasteiger partial charge on any atom is -0.383 e. The summed E-state index contributed by atoms with van der Waals surface area (Å²) in [5.74, 6) is 2.39. The van der Waals surface area contributed by atoms with Gasteiger partial charge >= 0.3 is 0 Å². The Morgan fingerprint density at radius 1 is 1.37 bits per heavy atom. The van der Waals surface area contributed by atoms with Crippen molar-refractivity contribution in [3.8, 4) is 0 Å². The van der Waals surface area contributed by atoms with E-state index in [-0.39, 0.29) is 0 Å². The van der Waals surface area contributed by atoms with E-state index in [1.54, 1.807) is 0 Å². The molecule has 0 aliphatic heterocycles. The van der Waals surface area contributed by atoms with Crippen LogP contribution in [0.1, 0.15) is 57.8 Å². The summed E-state index contributed by atoms with van der Waals surface area (Å²) in [5, 5.41) is 3.57. The van der Waals surface area contributed by atoms with Crippen LogP contribution in [0.25, 0.3) is 0 Å². The molecule has 4 nitrogen and oxygen atoms in total. The highest BCUT2D eigenvalue weighted by Gasteiger charge is 2.31. The van der Waals surface area contributed by atoms with Gasteiger partial charge in [-0.3, -0.25) is 0 Å². The molecule has 0 amide bonds. The van der Waals surface area contributed by atoms with Crippen molar-refractivity contribution in [3.63, 3.8) is 0 Å². The maximum atomic E-state index is 5.99. The highest BCUT2D eigenvalue weighted by Crippen LogP contribution is 2.38. The van der Waals surface area contributed by atoms with Gasteiger partial charge in [0.15, 0.2) is 0 Å². The summed E-state index contributed by atoms with van der Waals surface area (Å²) in [5.41, 5.74) is 7.41. The maximum absolute atomic E-state index is 5.99. The molecule has 4 heteroatoms. The summed E-state index contributed by atoms with van der Waals surface area (Å²) in [4.78, 5) is 8.98. The lowest BCUT2D eigenvalue weighted by Crippen LogP contribution is -2.20. The molecule has 0 radical (unpaired) electrons. The summed E-state index contributed by atoms with van der Waals surface area (Å²) in [7, 11) is 0. The predicted octanol–water partition coefficient (Wildman–Crippen LogP) is 3.31. The van der Waals surface area contributed by atoms with Crippen molar-refractivity contribution < 1.29 is 0 Å². The van der Waals surface area contributed by atoms with Crippen molar-refractivity contribution >= 4 is 11.6 Å². The number of nitrogens with zero attached hydrogens (tertiary/aromatic N) is 2. The molecule has 1 heterocycles. The van der Waals surface area contributed by atoms with Gasteiger partial charge in [0.05, 0.1) is 0 Å². The molecule has 0 aromatic carbocycles. The molecule has 106 valence electrons. The fraction of sp³-hybridized carbons (Fsp3) is 0.733. The van der Waals surface area contributed by atoms with Crippen molar-refractivity contribution in [2.75, 3.05) is 11.1 Å². The van der Waals surface area contributed by atoms with E-state index in [0.717, 1.165) is 30.0 Å². The summed E-state index contributed by atoms with van der Waals surface area (Å²) in [6.07, 6.45) is 5.60. The van der Waals surface area contributed by atoms with Crippen LogP contribution < -0.4 is 11.1 Å². The maximum Gasteiger partial charge on any atom is 0.134 e. The van der Waals surface area contributed by atoms with E-state index in [0.29, 0.717) is 17.3 Å². The van der Waals surface area contributed by atoms with E-state index in [9.17, 15) is 0 Å². The number of hydrogen-bond donors (Lipinski definition) is 2. The molecule has 1 aliphatic carbocycles. The molecule has 1 saturated carbocycles. The summed E-state index contributed by atoms with van der Waals surface area (Å²) >= 11 is 0. The second kappa shape index (κ2) is 5.35. The second-order valence-corrected chi connectivity index (χ2v) is 6.50. The molecule has 1 fully saturated rings. The lowest BCUT2D eigenvalue weighted by atomic mass is 9.92. The molecule has 1 atom stereocenters. The van der Waals surface area contributed by atoms with Gasteiger partial charge in [-0.1, -0.05) is 20.8 Å². The van der Waals surface area contributed by atoms with Crippen LogP contribution in [0.3, 0.4) is 0 Å². The highest BCUT2D eigenvalue weighted by atomic mass is 15.1. The van der Waals surface area contributed by atoms with E-state index >= 15 is 0 Å². The zero-order valence-electron chi connectivity index (χ0n) is 12.6. The smallest absolute Gasteiger partial charge is 0.134 e. The standard InChI is InChI=1S/C15H26N4/c1-5-6-12-18-13(16)10(2)14(19-12)17-11-7-8-15(3,4)9-11/h11H,5-9H2,1-4H3,(H3,16,17,18,19). The minimum atomic E-state index is 0.441. The van der Waals surface area contributed by atoms with Crippen molar-refractivity contribution in [2.24, 2.45) is 5.41 Å². The molecule has 0 saturated heterocycles. The van der Waals surface area contributed by atoms with Gasteiger partial charge in [0.1, 0.15) is 17.5 Å². The zero-order valence-corrected chi connectivity index (χ0v) is 12.6. The first-order valence-electron chi connectivity index (χ1n) is 7.31. The molecule has 1 aliphatic rings. The quantitative estimate of drug-likeness (QED) is 0.873. The minimum absolute atomic E-state index is 0.441. The van der Waals surface area contributed by atoms with Crippen molar-refractivity contribution in [3.05, 3.63) is 11.4 Å². The topological polar surface area (TPSA) is 63.8 Å². The Kier molecular flexibility index (Phi) is 3.97. The molecular weight excluding hydrogens is 236 g/mol. The molecular formula is C15H26N4. The second-order valence-electron chi connectivity index (χ2n) is 6.50. The molecule has 19 heavy (non-hydrogen) atoms. The Morgan fingerprint density at radius 2 is 2.11 bits per heavy atom. The molecule has 0 bridgehead atoms. The fourth-order valence-electron chi connectivity index (χ4n) is 2.81. The average Bonchev–Trinajstić information content (AvgIpc) is 2.65. The number of anilines is 2. The van der Waals surface area contributed by atoms with Crippen LogP contribution in [0.2, 0.25) is 0 Å². The lowest BCUT2D eigenvalue weighted by molar-refractivity contribution is 0.378. The van der Waals surface area contributed by atoms with Gasteiger partial charge in [-0.25, -0.2) is 9.97 Å². The van der Waals surface area contributed by atoms with E-state index in [2.05, 4.69) is 36.1 Å².